The molecule has 3 nitrogen and oxygen atoms in total. The molecule has 0 spiro atoms. The highest BCUT2D eigenvalue weighted by atomic mass is 14.9. The summed E-state index contributed by atoms with van der Waals surface area (Å²) in [7, 11) is 0. The van der Waals surface area contributed by atoms with Crippen LogP contribution in [-0.2, 0) is 0 Å². The largest absolute Gasteiger partial charge is 0.256 e. The highest BCUT2D eigenvalue weighted by molar-refractivity contribution is 6.37. The van der Waals surface area contributed by atoms with Crippen LogP contribution in [0.4, 0.5) is 0 Å². The molecule has 0 fully saturated rings. The summed E-state index contributed by atoms with van der Waals surface area (Å²) in [4.78, 5) is 14.8. The molecule has 11 aromatic carbocycles. The van der Waals surface area contributed by atoms with Crippen molar-refractivity contribution in [3.8, 4) is 56.2 Å². The lowest BCUT2D eigenvalue weighted by Crippen LogP contribution is -1.96. The minimum Gasteiger partial charge on any atom is -0.256 e. The Morgan fingerprint density at radius 2 is 0.726 bits per heavy atom. The molecular weight excluding hydrogens is 751 g/mol. The molecular formula is C59H35N3. The van der Waals surface area contributed by atoms with E-state index in [4.69, 9.17) is 15.0 Å². The van der Waals surface area contributed by atoms with E-state index in [2.05, 4.69) is 170 Å². The second kappa shape index (κ2) is 13.6. The molecule has 13 aromatic rings. The van der Waals surface area contributed by atoms with Crippen molar-refractivity contribution in [1.29, 1.82) is 0 Å². The van der Waals surface area contributed by atoms with Crippen LogP contribution < -0.4 is 0 Å². The van der Waals surface area contributed by atoms with Gasteiger partial charge in [0.1, 0.15) is 0 Å². The number of fused-ring (bicyclic) bond motifs is 3. The summed E-state index contributed by atoms with van der Waals surface area (Å²) >= 11 is 0. The monoisotopic (exact) mass is 785 g/mol. The molecule has 0 aliphatic heterocycles. The first-order valence-electron chi connectivity index (χ1n) is 21.2. The van der Waals surface area contributed by atoms with Gasteiger partial charge in [-0.3, -0.25) is 4.98 Å². The topological polar surface area (TPSA) is 38.7 Å². The lowest BCUT2D eigenvalue weighted by molar-refractivity contribution is 1.18. The Hall–Kier alpha value is -8.27. The van der Waals surface area contributed by atoms with E-state index in [0.717, 1.165) is 50.1 Å². The van der Waals surface area contributed by atoms with Crippen LogP contribution in [0.5, 0.6) is 0 Å². The standard InChI is InChI=1S/C59H35N3/c1-2-9-43(10-3-1)59-61-53(34-54(62-59)47-31-44-11-4-5-18-52(44)60-35-47)39-25-23-37(24-26-39)36-19-21-38(22-20-36)46-32-45-30-29-42-13-7-16-49-48-15-6-12-40-27-28-41-14-8-17-50(57(41)55(40)48)51(33-46)58(45)56(42)49/h1-35H. The maximum Gasteiger partial charge on any atom is 0.160 e. The Labute approximate surface area is 357 Å². The zero-order valence-electron chi connectivity index (χ0n) is 33.5. The summed E-state index contributed by atoms with van der Waals surface area (Å²) < 4.78 is 0. The van der Waals surface area contributed by atoms with Gasteiger partial charge in [0.2, 0.25) is 0 Å². The van der Waals surface area contributed by atoms with Crippen molar-refractivity contribution in [2.24, 2.45) is 0 Å². The first kappa shape index (κ1) is 34.6. The zero-order chi connectivity index (χ0) is 40.7. The van der Waals surface area contributed by atoms with E-state index in [9.17, 15) is 0 Å². The molecule has 0 saturated heterocycles. The highest BCUT2D eigenvalue weighted by Gasteiger charge is 2.17. The van der Waals surface area contributed by atoms with Gasteiger partial charge in [0.05, 0.1) is 16.9 Å². The zero-order valence-corrected chi connectivity index (χ0v) is 33.5. The van der Waals surface area contributed by atoms with Crippen molar-refractivity contribution in [1.82, 2.24) is 15.0 Å². The fraction of sp³-hybridized carbons (Fsp3) is 0. The van der Waals surface area contributed by atoms with Crippen LogP contribution in [0.2, 0.25) is 0 Å². The SMILES string of the molecule is c1ccc(-c2nc(-c3ccc(-c4ccc(-c5cc6ccc7cccc8c9cccc%10ccc%11cccc(c(c5)c6c78)c%11c%109)cc4)cc3)cc(-c3cnc4ccccc4c3)n2)cc1. The Morgan fingerprint density at radius 1 is 0.258 bits per heavy atom. The van der Waals surface area contributed by atoms with Crippen molar-refractivity contribution in [2.45, 2.75) is 0 Å². The average Bonchev–Trinajstić information content (AvgIpc) is 3.35. The predicted molar refractivity (Wildman–Crippen MR) is 261 cm³/mol. The summed E-state index contributed by atoms with van der Waals surface area (Å²) in [5.74, 6) is 0.687. The van der Waals surface area contributed by atoms with Crippen LogP contribution in [0.15, 0.2) is 212 Å². The third-order valence-corrected chi connectivity index (χ3v) is 12.8. The maximum atomic E-state index is 5.08. The van der Waals surface area contributed by atoms with Gasteiger partial charge in [-0.15, -0.1) is 0 Å². The Kier molecular flexibility index (Phi) is 7.60. The summed E-state index contributed by atoms with van der Waals surface area (Å²) in [6.45, 7) is 0. The first-order valence-corrected chi connectivity index (χ1v) is 21.2. The van der Waals surface area contributed by atoms with Crippen molar-refractivity contribution in [3.05, 3.63) is 212 Å². The Morgan fingerprint density at radius 3 is 1.35 bits per heavy atom. The van der Waals surface area contributed by atoms with Crippen LogP contribution in [0.3, 0.4) is 0 Å². The van der Waals surface area contributed by atoms with Gasteiger partial charge in [0.25, 0.3) is 0 Å². The number of pyridine rings is 1. The second-order valence-corrected chi connectivity index (χ2v) is 16.4. The van der Waals surface area contributed by atoms with E-state index in [0.29, 0.717) is 5.82 Å². The van der Waals surface area contributed by atoms with Gasteiger partial charge < -0.3 is 0 Å². The normalized spacial score (nSPS) is 11.9. The van der Waals surface area contributed by atoms with Crippen molar-refractivity contribution in [2.75, 3.05) is 0 Å². The van der Waals surface area contributed by atoms with E-state index in [-0.39, 0.29) is 0 Å². The molecule has 13 rings (SSSR count). The average molecular weight is 786 g/mol. The minimum atomic E-state index is 0.687. The van der Waals surface area contributed by atoms with E-state index in [1.165, 1.54) is 75.8 Å². The smallest absolute Gasteiger partial charge is 0.160 e. The molecule has 0 saturated carbocycles. The fourth-order valence-electron chi connectivity index (χ4n) is 9.81. The van der Waals surface area contributed by atoms with Crippen LogP contribution in [0.25, 0.3) is 132 Å². The Balaban J connectivity index is 0.906. The number of hydrogen-bond donors (Lipinski definition) is 0. The summed E-state index contributed by atoms with van der Waals surface area (Å²) in [6.07, 6.45) is 1.91. The molecule has 0 radical (unpaired) electrons. The van der Waals surface area contributed by atoms with Gasteiger partial charge in [0, 0.05) is 28.3 Å². The number of rotatable bonds is 5. The van der Waals surface area contributed by atoms with Crippen molar-refractivity contribution in [3.63, 3.8) is 0 Å². The molecule has 0 N–H and O–H groups in total. The number of aromatic nitrogens is 3. The molecule has 2 heterocycles. The quantitative estimate of drug-likeness (QED) is 0.163. The van der Waals surface area contributed by atoms with Gasteiger partial charge in [-0.05, 0) is 117 Å². The summed E-state index contributed by atoms with van der Waals surface area (Å²) in [5, 5.41) is 16.6. The number of hydrogen-bond acceptors (Lipinski definition) is 3. The highest BCUT2D eigenvalue weighted by Crippen LogP contribution is 2.44. The molecule has 2 aromatic heterocycles. The molecule has 0 bridgehead atoms. The Bertz CT molecular complexity index is 3890. The van der Waals surface area contributed by atoms with Crippen LogP contribution in [-0.4, -0.2) is 15.0 Å². The van der Waals surface area contributed by atoms with Crippen molar-refractivity contribution >= 4 is 75.5 Å². The lowest BCUT2D eigenvalue weighted by atomic mass is 9.86. The molecule has 62 heavy (non-hydrogen) atoms. The molecule has 0 atom stereocenters. The van der Waals surface area contributed by atoms with Crippen LogP contribution in [0.1, 0.15) is 0 Å². The molecule has 0 unspecified atom stereocenters. The van der Waals surface area contributed by atoms with E-state index in [1.54, 1.807) is 0 Å². The van der Waals surface area contributed by atoms with Crippen molar-refractivity contribution < 1.29 is 0 Å². The van der Waals surface area contributed by atoms with Gasteiger partial charge in [-0.25, -0.2) is 9.97 Å². The molecule has 3 heteroatoms. The third kappa shape index (κ3) is 5.49. The first-order chi connectivity index (χ1) is 30.7. The van der Waals surface area contributed by atoms with Crippen LogP contribution in [0, 0.1) is 0 Å². The van der Waals surface area contributed by atoms with Gasteiger partial charge in [-0.2, -0.15) is 0 Å². The summed E-state index contributed by atoms with van der Waals surface area (Å²) in [5.41, 5.74) is 10.3. The van der Waals surface area contributed by atoms with E-state index >= 15 is 0 Å². The van der Waals surface area contributed by atoms with Gasteiger partial charge in [0.15, 0.2) is 5.82 Å². The van der Waals surface area contributed by atoms with E-state index < -0.39 is 0 Å². The fourth-order valence-corrected chi connectivity index (χ4v) is 9.81. The van der Waals surface area contributed by atoms with Gasteiger partial charge in [-0.1, -0.05) is 176 Å². The third-order valence-electron chi connectivity index (χ3n) is 12.8. The van der Waals surface area contributed by atoms with Crippen LogP contribution >= 0.6 is 0 Å². The maximum absolute atomic E-state index is 5.08. The van der Waals surface area contributed by atoms with Gasteiger partial charge >= 0.3 is 0 Å². The van der Waals surface area contributed by atoms with E-state index in [1.807, 2.05) is 42.6 Å². The second-order valence-electron chi connectivity index (χ2n) is 16.4. The number of para-hydroxylation sites is 1. The number of nitrogens with zero attached hydrogens (tertiary/aromatic N) is 3. The molecule has 0 aliphatic rings. The molecule has 286 valence electrons. The molecule has 0 amide bonds. The minimum absolute atomic E-state index is 0.687. The lowest BCUT2D eigenvalue weighted by Gasteiger charge is -2.17. The predicted octanol–water partition coefficient (Wildman–Crippen LogP) is 15.7. The summed E-state index contributed by atoms with van der Waals surface area (Å²) in [6, 6.07) is 74.6. The molecule has 0 aliphatic carbocycles. The number of benzene rings is 10.